The van der Waals surface area contributed by atoms with Crippen LogP contribution in [0.25, 0.3) is 17.2 Å². The van der Waals surface area contributed by atoms with Gasteiger partial charge in [-0.3, -0.25) is 0 Å². The predicted octanol–water partition coefficient (Wildman–Crippen LogP) is 6.93. The van der Waals surface area contributed by atoms with Gasteiger partial charge in [-0.2, -0.15) is 0 Å². The van der Waals surface area contributed by atoms with E-state index in [1.807, 2.05) is 61.5 Å². The molecule has 4 rings (SSSR count). The number of hydrogen-bond donors (Lipinski definition) is 0. The Bertz CT molecular complexity index is 1220. The van der Waals surface area contributed by atoms with E-state index >= 15 is 0 Å². The van der Waals surface area contributed by atoms with Gasteiger partial charge in [0, 0.05) is 5.56 Å². The number of ether oxygens (including phenoxy) is 3. The predicted molar refractivity (Wildman–Crippen MR) is 136 cm³/mol. The molecule has 0 spiro atoms. The molecule has 0 aromatic heterocycles. The number of unbranched alkanes of at least 4 members (excludes halogenated alkanes) is 1. The molecule has 34 heavy (non-hydrogen) atoms. The number of carbonyl (C=O) groups excluding carboxylic acids is 1. The smallest absolute Gasteiger partial charge is 0.363 e. The fourth-order valence-electron chi connectivity index (χ4n) is 3.52. The van der Waals surface area contributed by atoms with Gasteiger partial charge in [-0.15, -0.1) is 0 Å². The molecule has 0 unspecified atom stereocenters. The third-order valence-electron chi connectivity index (χ3n) is 5.24. The highest BCUT2D eigenvalue weighted by Gasteiger charge is 2.24. The van der Waals surface area contributed by atoms with E-state index in [-0.39, 0.29) is 11.6 Å². The number of hydrogen-bond acceptors (Lipinski definition) is 5. The SMILES string of the molecule is CCCCOc1c(Cl)cc(/C=C2\N=C(c3ccc(-c4ccccc4)cc3)OC2=O)cc1OCC. The van der Waals surface area contributed by atoms with Crippen LogP contribution in [0.4, 0.5) is 0 Å². The van der Waals surface area contributed by atoms with Gasteiger partial charge in [-0.1, -0.05) is 67.4 Å². The van der Waals surface area contributed by atoms with Gasteiger partial charge < -0.3 is 14.2 Å². The standard InChI is InChI=1S/C28H26ClNO4/c1-3-5-15-33-26-23(29)16-19(18-25(26)32-4-2)17-24-28(31)34-27(30-24)22-13-11-21(12-14-22)20-9-7-6-8-10-20/h6-14,16-18H,3-5,15H2,1-2H3/b24-17-. The molecule has 0 N–H and O–H groups in total. The minimum atomic E-state index is -0.514. The molecule has 3 aromatic rings. The molecule has 0 saturated carbocycles. The first-order chi connectivity index (χ1) is 16.6. The van der Waals surface area contributed by atoms with E-state index in [4.69, 9.17) is 25.8 Å². The summed E-state index contributed by atoms with van der Waals surface area (Å²) >= 11 is 6.47. The van der Waals surface area contributed by atoms with Crippen molar-refractivity contribution in [3.8, 4) is 22.6 Å². The first kappa shape index (κ1) is 23.6. The van der Waals surface area contributed by atoms with Gasteiger partial charge in [0.15, 0.2) is 17.2 Å². The third-order valence-corrected chi connectivity index (χ3v) is 5.52. The molecular weight excluding hydrogens is 450 g/mol. The summed E-state index contributed by atoms with van der Waals surface area (Å²) in [6, 6.07) is 21.3. The van der Waals surface area contributed by atoms with E-state index in [1.54, 1.807) is 18.2 Å². The average molecular weight is 476 g/mol. The zero-order valence-corrected chi connectivity index (χ0v) is 20.0. The maximum atomic E-state index is 12.5. The summed E-state index contributed by atoms with van der Waals surface area (Å²) in [5, 5.41) is 0.418. The second kappa shape index (κ2) is 11.0. The van der Waals surface area contributed by atoms with Crippen LogP contribution < -0.4 is 9.47 Å². The van der Waals surface area contributed by atoms with E-state index < -0.39 is 5.97 Å². The van der Waals surface area contributed by atoms with Crippen LogP contribution in [-0.2, 0) is 9.53 Å². The molecule has 174 valence electrons. The summed E-state index contributed by atoms with van der Waals surface area (Å²) in [5.41, 5.74) is 3.78. The highest BCUT2D eigenvalue weighted by molar-refractivity contribution is 6.32. The van der Waals surface area contributed by atoms with E-state index in [0.717, 1.165) is 29.5 Å². The van der Waals surface area contributed by atoms with E-state index in [2.05, 4.69) is 11.9 Å². The maximum Gasteiger partial charge on any atom is 0.363 e. The summed E-state index contributed by atoms with van der Waals surface area (Å²) in [5.74, 6) is 0.798. The summed E-state index contributed by atoms with van der Waals surface area (Å²) in [6.07, 6.45) is 3.57. The number of halogens is 1. The molecule has 0 amide bonds. The molecule has 1 aliphatic rings. The molecule has 5 nitrogen and oxygen atoms in total. The van der Waals surface area contributed by atoms with Gasteiger partial charge in [-0.25, -0.2) is 9.79 Å². The highest BCUT2D eigenvalue weighted by Crippen LogP contribution is 2.38. The first-order valence-electron chi connectivity index (χ1n) is 11.4. The molecule has 0 aliphatic carbocycles. The Kier molecular flexibility index (Phi) is 7.65. The number of rotatable bonds is 9. The molecule has 3 aromatic carbocycles. The van der Waals surface area contributed by atoms with Gasteiger partial charge in [0.2, 0.25) is 5.90 Å². The molecule has 1 heterocycles. The molecule has 0 fully saturated rings. The van der Waals surface area contributed by atoms with E-state index in [1.165, 1.54) is 0 Å². The Hall–Kier alpha value is -3.57. The van der Waals surface area contributed by atoms with Crippen molar-refractivity contribution < 1.29 is 19.0 Å². The number of nitrogens with zero attached hydrogens (tertiary/aromatic N) is 1. The van der Waals surface area contributed by atoms with Crippen LogP contribution in [0.3, 0.4) is 0 Å². The van der Waals surface area contributed by atoms with Crippen molar-refractivity contribution in [2.24, 2.45) is 4.99 Å². The monoisotopic (exact) mass is 475 g/mol. The quantitative estimate of drug-likeness (QED) is 0.191. The summed E-state index contributed by atoms with van der Waals surface area (Å²) in [7, 11) is 0. The minimum Gasteiger partial charge on any atom is -0.490 e. The Balaban J connectivity index is 1.58. The van der Waals surface area contributed by atoms with Crippen molar-refractivity contribution in [3.05, 3.63) is 88.6 Å². The van der Waals surface area contributed by atoms with Gasteiger partial charge in [0.1, 0.15) is 0 Å². The number of esters is 1. The van der Waals surface area contributed by atoms with Gasteiger partial charge in [0.05, 0.1) is 18.2 Å². The van der Waals surface area contributed by atoms with Crippen LogP contribution in [0.15, 0.2) is 77.4 Å². The van der Waals surface area contributed by atoms with Crippen LogP contribution in [0.2, 0.25) is 5.02 Å². The first-order valence-corrected chi connectivity index (χ1v) is 11.7. The van der Waals surface area contributed by atoms with Crippen molar-refractivity contribution in [2.45, 2.75) is 26.7 Å². The second-order valence-corrected chi connectivity index (χ2v) is 8.15. The molecule has 0 bridgehead atoms. The molecule has 1 aliphatic heterocycles. The van der Waals surface area contributed by atoms with Crippen molar-refractivity contribution in [1.29, 1.82) is 0 Å². The fourth-order valence-corrected chi connectivity index (χ4v) is 3.79. The lowest BCUT2D eigenvalue weighted by Gasteiger charge is -2.14. The van der Waals surface area contributed by atoms with Gasteiger partial charge >= 0.3 is 5.97 Å². The maximum absolute atomic E-state index is 12.5. The minimum absolute atomic E-state index is 0.195. The number of cyclic esters (lactones) is 1. The Morgan fingerprint density at radius 3 is 2.35 bits per heavy atom. The highest BCUT2D eigenvalue weighted by atomic mass is 35.5. The summed E-state index contributed by atoms with van der Waals surface area (Å²) < 4.78 is 17.0. The molecule has 0 radical (unpaired) electrons. The Morgan fingerprint density at radius 2 is 1.65 bits per heavy atom. The zero-order valence-electron chi connectivity index (χ0n) is 19.2. The molecule has 6 heteroatoms. The normalized spacial score (nSPS) is 14.1. The fraction of sp³-hybridized carbons (Fsp3) is 0.214. The lowest BCUT2D eigenvalue weighted by molar-refractivity contribution is -0.129. The van der Waals surface area contributed by atoms with Gasteiger partial charge in [0.25, 0.3) is 0 Å². The van der Waals surface area contributed by atoms with E-state index in [0.29, 0.717) is 35.3 Å². The van der Waals surface area contributed by atoms with Crippen molar-refractivity contribution in [3.63, 3.8) is 0 Å². The topological polar surface area (TPSA) is 57.1 Å². The van der Waals surface area contributed by atoms with Crippen molar-refractivity contribution >= 4 is 29.5 Å². The van der Waals surface area contributed by atoms with Crippen molar-refractivity contribution in [1.82, 2.24) is 0 Å². The van der Waals surface area contributed by atoms with Crippen LogP contribution in [0.1, 0.15) is 37.8 Å². The van der Waals surface area contributed by atoms with Gasteiger partial charge in [-0.05, 0) is 60.4 Å². The third kappa shape index (κ3) is 5.49. The van der Waals surface area contributed by atoms with Crippen LogP contribution >= 0.6 is 11.6 Å². The van der Waals surface area contributed by atoms with E-state index in [9.17, 15) is 4.79 Å². The van der Waals surface area contributed by atoms with Crippen molar-refractivity contribution in [2.75, 3.05) is 13.2 Å². The van der Waals surface area contributed by atoms with Crippen LogP contribution in [0, 0.1) is 0 Å². The van der Waals surface area contributed by atoms with Crippen LogP contribution in [0.5, 0.6) is 11.5 Å². The Labute approximate surface area is 204 Å². The number of carbonyl (C=O) groups is 1. The molecule has 0 saturated heterocycles. The summed E-state index contributed by atoms with van der Waals surface area (Å²) in [4.78, 5) is 16.9. The molecule has 0 atom stereocenters. The summed E-state index contributed by atoms with van der Waals surface area (Å²) in [6.45, 7) is 5.00. The Morgan fingerprint density at radius 1 is 0.941 bits per heavy atom. The lowest BCUT2D eigenvalue weighted by Crippen LogP contribution is -2.05. The number of aliphatic imine (C=N–C) groups is 1. The van der Waals surface area contributed by atoms with Crippen LogP contribution in [-0.4, -0.2) is 25.1 Å². The lowest BCUT2D eigenvalue weighted by atomic mass is 10.0. The zero-order chi connectivity index (χ0) is 23.9. The largest absolute Gasteiger partial charge is 0.490 e. The molecular formula is C28H26ClNO4. The second-order valence-electron chi connectivity index (χ2n) is 7.74. The average Bonchev–Trinajstić information content (AvgIpc) is 3.21. The number of benzene rings is 3.